The van der Waals surface area contributed by atoms with Gasteiger partial charge in [0.2, 0.25) is 5.88 Å². The second kappa shape index (κ2) is 11.3. The summed E-state index contributed by atoms with van der Waals surface area (Å²) in [5.41, 5.74) is 8.22. The third-order valence-corrected chi connectivity index (χ3v) is 7.00. The van der Waals surface area contributed by atoms with Crippen molar-refractivity contribution in [3.8, 4) is 11.4 Å². The summed E-state index contributed by atoms with van der Waals surface area (Å²) < 4.78 is 19.4. The Hall–Kier alpha value is -4.52. The summed E-state index contributed by atoms with van der Waals surface area (Å²) in [6, 6.07) is 11.2. The van der Waals surface area contributed by atoms with E-state index in [0.717, 1.165) is 0 Å². The van der Waals surface area contributed by atoms with E-state index in [1.54, 1.807) is 43.5 Å². The van der Waals surface area contributed by atoms with E-state index in [4.69, 9.17) is 19.9 Å². The molecule has 0 bridgehead atoms. The highest BCUT2D eigenvalue weighted by Gasteiger charge is 2.42. The number of aromatic nitrogens is 3. The first-order chi connectivity index (χ1) is 19.3. The van der Waals surface area contributed by atoms with Crippen LogP contribution in [0.5, 0.6) is 5.75 Å². The maximum atomic E-state index is 13.2. The van der Waals surface area contributed by atoms with Gasteiger partial charge in [0.05, 0.1) is 29.3 Å². The number of Topliss-reactive ketones (excluding diaryl/α,β-unsaturated/α-hetero) is 1. The molecule has 0 fully saturated rings. The Morgan fingerprint density at radius 1 is 1.25 bits per heavy atom. The Labute approximate surface area is 236 Å². The van der Waals surface area contributed by atoms with Crippen LogP contribution < -0.4 is 10.5 Å². The van der Waals surface area contributed by atoms with E-state index in [1.165, 1.54) is 16.8 Å². The summed E-state index contributed by atoms with van der Waals surface area (Å²) in [5, 5.41) is 19.2. The van der Waals surface area contributed by atoms with Crippen LogP contribution in [0.1, 0.15) is 43.4 Å². The number of nitrogens with zero attached hydrogens (tertiary/aromatic N) is 4. The number of halogens is 1. The number of carbonyl (C=O) groups excluding carboxylic acids is 2. The smallest absolute Gasteiger partial charge is 0.340 e. The molecule has 0 saturated heterocycles. The third-order valence-electron chi connectivity index (χ3n) is 6.50. The largest absolute Gasteiger partial charge is 0.487 e. The molecule has 0 spiro atoms. The molecule has 1 aliphatic carbocycles. The normalized spacial score (nSPS) is 16.9. The van der Waals surface area contributed by atoms with E-state index in [2.05, 4.69) is 26.2 Å². The van der Waals surface area contributed by atoms with Crippen LogP contribution in [0.3, 0.4) is 0 Å². The number of allylic oxidation sites excluding steroid dienone is 2. The fourth-order valence-electron chi connectivity index (χ4n) is 4.72. The summed E-state index contributed by atoms with van der Waals surface area (Å²) >= 11 is 3.49. The summed E-state index contributed by atoms with van der Waals surface area (Å²) in [6.07, 6.45) is 3.11. The van der Waals surface area contributed by atoms with Gasteiger partial charge in [-0.2, -0.15) is 0 Å². The lowest BCUT2D eigenvalue weighted by Gasteiger charge is -2.33. The van der Waals surface area contributed by atoms with Gasteiger partial charge in [-0.3, -0.25) is 14.9 Å². The lowest BCUT2D eigenvalue weighted by Crippen LogP contribution is -2.31. The average Bonchev–Trinajstić information content (AvgIpc) is 3.41. The molecule has 2 N–H and O–H groups in total. The van der Waals surface area contributed by atoms with Gasteiger partial charge in [-0.25, -0.2) is 9.48 Å². The molecule has 2 aromatic carbocycles. The van der Waals surface area contributed by atoms with Gasteiger partial charge in [0.15, 0.2) is 5.78 Å². The zero-order chi connectivity index (χ0) is 28.4. The minimum absolute atomic E-state index is 0.0125. The predicted molar refractivity (Wildman–Crippen MR) is 144 cm³/mol. The monoisotopic (exact) mass is 609 g/mol. The molecule has 0 saturated carbocycles. The van der Waals surface area contributed by atoms with Crippen LogP contribution in [0.2, 0.25) is 0 Å². The molecule has 1 aliphatic heterocycles. The molecular formula is C27H24BrN5O7. The van der Waals surface area contributed by atoms with Crippen molar-refractivity contribution in [2.24, 2.45) is 5.73 Å². The molecule has 40 heavy (non-hydrogen) atoms. The van der Waals surface area contributed by atoms with Crippen LogP contribution >= 0.6 is 15.9 Å². The SMILES string of the molecule is CCOC(=O)C1=C(N)OC2=C(C(=O)CCC2)C1c1cc(Br)ccc1OCc1cn(-c2ccc([N+](=O)[O-])cc2)nn1. The zero-order valence-electron chi connectivity index (χ0n) is 21.3. The maximum Gasteiger partial charge on any atom is 0.340 e. The van der Waals surface area contributed by atoms with Crippen molar-refractivity contribution >= 4 is 33.4 Å². The Morgan fingerprint density at radius 2 is 2.02 bits per heavy atom. The minimum Gasteiger partial charge on any atom is -0.487 e. The van der Waals surface area contributed by atoms with Gasteiger partial charge in [0.25, 0.3) is 5.69 Å². The Kier molecular flexibility index (Phi) is 7.65. The molecule has 2 aliphatic rings. The first-order valence-corrected chi connectivity index (χ1v) is 13.2. The molecule has 1 atom stereocenters. The number of hydrogen-bond acceptors (Lipinski definition) is 10. The Balaban J connectivity index is 1.47. The van der Waals surface area contributed by atoms with Gasteiger partial charge in [-0.05, 0) is 43.7 Å². The molecule has 0 radical (unpaired) electrons. The lowest BCUT2D eigenvalue weighted by molar-refractivity contribution is -0.384. The number of benzene rings is 2. The van der Waals surface area contributed by atoms with Crippen molar-refractivity contribution in [2.45, 2.75) is 38.7 Å². The molecule has 13 heteroatoms. The van der Waals surface area contributed by atoms with E-state index >= 15 is 0 Å². The van der Waals surface area contributed by atoms with Gasteiger partial charge in [-0.15, -0.1) is 5.10 Å². The second-order valence-electron chi connectivity index (χ2n) is 9.05. The Bertz CT molecular complexity index is 1560. The van der Waals surface area contributed by atoms with E-state index < -0.39 is 16.8 Å². The highest BCUT2D eigenvalue weighted by Crippen LogP contribution is 2.47. The van der Waals surface area contributed by atoms with Crippen LogP contribution in [0, 0.1) is 10.1 Å². The molecule has 3 aromatic rings. The predicted octanol–water partition coefficient (Wildman–Crippen LogP) is 4.37. The van der Waals surface area contributed by atoms with E-state index in [0.29, 0.717) is 57.8 Å². The number of rotatable bonds is 8. The fourth-order valence-corrected chi connectivity index (χ4v) is 5.10. The molecule has 206 valence electrons. The van der Waals surface area contributed by atoms with Crippen molar-refractivity contribution < 1.29 is 28.7 Å². The average molecular weight is 610 g/mol. The molecule has 2 heterocycles. The lowest BCUT2D eigenvalue weighted by atomic mass is 9.77. The highest BCUT2D eigenvalue weighted by molar-refractivity contribution is 9.10. The number of ether oxygens (including phenoxy) is 3. The molecule has 0 amide bonds. The summed E-state index contributed by atoms with van der Waals surface area (Å²) in [4.78, 5) is 36.7. The van der Waals surface area contributed by atoms with E-state index in [1.807, 2.05) is 0 Å². The molecule has 5 rings (SSSR count). The van der Waals surface area contributed by atoms with Crippen molar-refractivity contribution in [3.05, 3.63) is 97.3 Å². The number of nitro groups is 1. The Morgan fingerprint density at radius 3 is 2.75 bits per heavy atom. The van der Waals surface area contributed by atoms with Crippen LogP contribution in [0.25, 0.3) is 5.69 Å². The second-order valence-corrected chi connectivity index (χ2v) is 9.96. The first-order valence-electron chi connectivity index (χ1n) is 12.5. The summed E-state index contributed by atoms with van der Waals surface area (Å²) in [7, 11) is 0. The van der Waals surface area contributed by atoms with E-state index in [-0.39, 0.29) is 36.1 Å². The third kappa shape index (κ3) is 5.32. The van der Waals surface area contributed by atoms with Crippen LogP contribution in [-0.4, -0.2) is 38.3 Å². The molecule has 12 nitrogen and oxygen atoms in total. The van der Waals surface area contributed by atoms with Gasteiger partial charge >= 0.3 is 5.97 Å². The standard InChI is InChI=1S/C27H24BrN5O7/c1-2-38-27(35)25-23(24-20(34)4-3-5-22(24)40-26(25)29)19-12-15(28)6-11-21(19)39-14-16-13-32(31-30-16)17-7-9-18(10-8-17)33(36)37/h6-13,23H,2-5,14,29H2,1H3. The van der Waals surface area contributed by atoms with Gasteiger partial charge in [-0.1, -0.05) is 21.1 Å². The van der Waals surface area contributed by atoms with Gasteiger partial charge in [0.1, 0.15) is 29.4 Å². The number of carbonyl (C=O) groups is 2. The number of ketones is 1. The number of nitro benzene ring substituents is 1. The molecule has 1 unspecified atom stereocenters. The summed E-state index contributed by atoms with van der Waals surface area (Å²) in [6.45, 7) is 1.81. The summed E-state index contributed by atoms with van der Waals surface area (Å²) in [5.74, 6) is -0.902. The van der Waals surface area contributed by atoms with Crippen LogP contribution in [0.15, 0.2) is 75.9 Å². The molecular weight excluding hydrogens is 586 g/mol. The zero-order valence-corrected chi connectivity index (χ0v) is 22.9. The minimum atomic E-state index is -0.848. The van der Waals surface area contributed by atoms with Crippen LogP contribution in [-0.2, 0) is 25.7 Å². The van der Waals surface area contributed by atoms with Gasteiger partial charge < -0.3 is 19.9 Å². The van der Waals surface area contributed by atoms with E-state index in [9.17, 15) is 19.7 Å². The number of esters is 1. The van der Waals surface area contributed by atoms with Crippen molar-refractivity contribution in [3.63, 3.8) is 0 Å². The fraction of sp³-hybridized carbons (Fsp3) is 0.259. The van der Waals surface area contributed by atoms with Crippen molar-refractivity contribution in [1.82, 2.24) is 15.0 Å². The number of hydrogen-bond donors (Lipinski definition) is 1. The number of non-ortho nitro benzene ring substituents is 1. The topological polar surface area (TPSA) is 162 Å². The van der Waals surface area contributed by atoms with Crippen molar-refractivity contribution in [1.29, 1.82) is 0 Å². The highest BCUT2D eigenvalue weighted by atomic mass is 79.9. The number of nitrogens with two attached hydrogens (primary N) is 1. The van der Waals surface area contributed by atoms with Crippen LogP contribution in [0.4, 0.5) is 5.69 Å². The van der Waals surface area contributed by atoms with Gasteiger partial charge in [0, 0.05) is 40.6 Å². The maximum absolute atomic E-state index is 13.2. The first kappa shape index (κ1) is 27.1. The molecule has 1 aromatic heterocycles. The quantitative estimate of drug-likeness (QED) is 0.220. The van der Waals surface area contributed by atoms with Crippen molar-refractivity contribution in [2.75, 3.05) is 6.61 Å².